The van der Waals surface area contributed by atoms with Crippen LogP contribution >= 0.6 is 15.9 Å². The Morgan fingerprint density at radius 2 is 2.31 bits per heavy atom. The molecular weight excluding hydrogens is 397 g/mol. The van der Waals surface area contributed by atoms with Crippen molar-refractivity contribution in [2.24, 2.45) is 10.9 Å². The Labute approximate surface area is 162 Å². The molecule has 3 rings (SSSR count). The van der Waals surface area contributed by atoms with E-state index in [2.05, 4.69) is 47.6 Å². The van der Waals surface area contributed by atoms with Crippen LogP contribution in [0.15, 0.2) is 46.4 Å². The second-order valence-electron chi connectivity index (χ2n) is 6.76. The highest BCUT2D eigenvalue weighted by Crippen LogP contribution is 2.27. The van der Waals surface area contributed by atoms with Crippen LogP contribution in [0, 0.1) is 11.7 Å². The number of aromatic nitrogens is 2. The normalized spacial score (nSPS) is 21.1. The molecule has 0 amide bonds. The van der Waals surface area contributed by atoms with Crippen molar-refractivity contribution in [3.05, 3.63) is 52.8 Å². The first kappa shape index (κ1) is 18.9. The number of nitrogens with zero attached hydrogens (tertiary/aromatic N) is 4. The highest BCUT2D eigenvalue weighted by atomic mass is 79.9. The fourth-order valence-corrected chi connectivity index (χ4v) is 3.87. The summed E-state index contributed by atoms with van der Waals surface area (Å²) in [6, 6.07) is 5.55. The second-order valence-corrected chi connectivity index (χ2v) is 7.62. The van der Waals surface area contributed by atoms with E-state index in [1.54, 1.807) is 0 Å². The summed E-state index contributed by atoms with van der Waals surface area (Å²) in [4.78, 5) is 10.9. The minimum Gasteiger partial charge on any atom is -0.356 e. The van der Waals surface area contributed by atoms with Crippen molar-refractivity contribution < 1.29 is 4.39 Å². The first-order valence-corrected chi connectivity index (χ1v) is 9.74. The van der Waals surface area contributed by atoms with Crippen LogP contribution in [0.5, 0.6) is 0 Å². The molecule has 1 saturated heterocycles. The minimum absolute atomic E-state index is 0.231. The van der Waals surface area contributed by atoms with Gasteiger partial charge < -0.3 is 14.8 Å². The van der Waals surface area contributed by atoms with Gasteiger partial charge in [-0.05, 0) is 52.4 Å². The summed E-state index contributed by atoms with van der Waals surface area (Å²) >= 11 is 3.24. The third kappa shape index (κ3) is 4.44. The van der Waals surface area contributed by atoms with E-state index in [-0.39, 0.29) is 5.82 Å². The summed E-state index contributed by atoms with van der Waals surface area (Å²) < 4.78 is 16.0. The summed E-state index contributed by atoms with van der Waals surface area (Å²) in [6.45, 7) is 4.96. The van der Waals surface area contributed by atoms with Crippen LogP contribution in [0.4, 0.5) is 4.39 Å². The molecule has 2 atom stereocenters. The SMILES string of the molecule is CN=C(NCCc1ccc(F)c(Br)c1)N1CCC(C)C(n2ccnc2)C1. The minimum atomic E-state index is -0.231. The number of imidazole rings is 1. The molecule has 1 aromatic carbocycles. The molecular formula is C19H25BrFN5. The third-order valence-corrected chi connectivity index (χ3v) is 5.63. The summed E-state index contributed by atoms with van der Waals surface area (Å²) in [5.74, 6) is 1.30. The lowest BCUT2D eigenvalue weighted by molar-refractivity contribution is 0.189. The molecule has 1 aliphatic heterocycles. The molecule has 1 aromatic heterocycles. The lowest BCUT2D eigenvalue weighted by Crippen LogP contribution is -2.49. The van der Waals surface area contributed by atoms with Gasteiger partial charge in [0.2, 0.25) is 0 Å². The Morgan fingerprint density at radius 3 is 3.00 bits per heavy atom. The van der Waals surface area contributed by atoms with Gasteiger partial charge in [0.05, 0.1) is 16.8 Å². The number of piperidine rings is 1. The van der Waals surface area contributed by atoms with E-state index in [0.717, 1.165) is 44.0 Å². The number of aliphatic imine (C=N–C) groups is 1. The maximum Gasteiger partial charge on any atom is 0.193 e. The van der Waals surface area contributed by atoms with Crippen molar-refractivity contribution in [2.75, 3.05) is 26.7 Å². The molecule has 1 aliphatic rings. The van der Waals surface area contributed by atoms with Gasteiger partial charge in [-0.2, -0.15) is 0 Å². The zero-order valence-corrected chi connectivity index (χ0v) is 16.8. The van der Waals surface area contributed by atoms with Crippen molar-refractivity contribution in [3.8, 4) is 0 Å². The molecule has 7 heteroatoms. The zero-order valence-electron chi connectivity index (χ0n) is 15.2. The van der Waals surface area contributed by atoms with Crippen molar-refractivity contribution in [2.45, 2.75) is 25.8 Å². The van der Waals surface area contributed by atoms with Gasteiger partial charge in [0.25, 0.3) is 0 Å². The Morgan fingerprint density at radius 1 is 1.46 bits per heavy atom. The smallest absolute Gasteiger partial charge is 0.193 e. The molecule has 0 saturated carbocycles. The molecule has 26 heavy (non-hydrogen) atoms. The van der Waals surface area contributed by atoms with E-state index in [1.165, 1.54) is 6.07 Å². The van der Waals surface area contributed by atoms with E-state index in [0.29, 0.717) is 16.4 Å². The van der Waals surface area contributed by atoms with Crippen LogP contribution in [0.1, 0.15) is 24.9 Å². The molecule has 2 heterocycles. The van der Waals surface area contributed by atoms with Crippen LogP contribution in [0.25, 0.3) is 0 Å². The Balaban J connectivity index is 1.57. The fraction of sp³-hybridized carbons (Fsp3) is 0.474. The number of halogens is 2. The number of likely N-dealkylation sites (tertiary alicyclic amines) is 1. The monoisotopic (exact) mass is 421 g/mol. The van der Waals surface area contributed by atoms with Gasteiger partial charge in [-0.3, -0.25) is 4.99 Å². The van der Waals surface area contributed by atoms with E-state index < -0.39 is 0 Å². The average Bonchev–Trinajstić information content (AvgIpc) is 3.17. The lowest BCUT2D eigenvalue weighted by Gasteiger charge is -2.39. The molecule has 2 unspecified atom stereocenters. The Bertz CT molecular complexity index is 746. The highest BCUT2D eigenvalue weighted by Gasteiger charge is 2.28. The summed E-state index contributed by atoms with van der Waals surface area (Å²) in [7, 11) is 1.82. The predicted molar refractivity (Wildman–Crippen MR) is 106 cm³/mol. The van der Waals surface area contributed by atoms with Gasteiger partial charge in [-0.15, -0.1) is 0 Å². The molecule has 140 valence electrons. The molecule has 0 aliphatic carbocycles. The van der Waals surface area contributed by atoms with E-state index in [4.69, 9.17) is 0 Å². The van der Waals surface area contributed by atoms with Crippen LogP contribution in [-0.4, -0.2) is 47.1 Å². The van der Waals surface area contributed by atoms with Crippen molar-refractivity contribution in [1.82, 2.24) is 19.8 Å². The van der Waals surface area contributed by atoms with Gasteiger partial charge >= 0.3 is 0 Å². The average molecular weight is 422 g/mol. The highest BCUT2D eigenvalue weighted by molar-refractivity contribution is 9.10. The molecule has 0 radical (unpaired) electrons. The van der Waals surface area contributed by atoms with Crippen LogP contribution in [0.2, 0.25) is 0 Å². The number of rotatable bonds is 4. The van der Waals surface area contributed by atoms with Crippen molar-refractivity contribution in [3.63, 3.8) is 0 Å². The van der Waals surface area contributed by atoms with Gasteiger partial charge in [-0.25, -0.2) is 9.37 Å². The maximum atomic E-state index is 13.3. The molecule has 5 nitrogen and oxygen atoms in total. The Hall–Kier alpha value is -1.89. The first-order chi connectivity index (χ1) is 12.6. The largest absolute Gasteiger partial charge is 0.356 e. The maximum absolute atomic E-state index is 13.3. The number of guanidine groups is 1. The second kappa shape index (κ2) is 8.66. The van der Waals surface area contributed by atoms with Crippen LogP contribution in [0.3, 0.4) is 0 Å². The van der Waals surface area contributed by atoms with Gasteiger partial charge in [0, 0.05) is 39.1 Å². The summed E-state index contributed by atoms with van der Waals surface area (Å²) in [5.41, 5.74) is 1.09. The molecule has 1 fully saturated rings. The van der Waals surface area contributed by atoms with Crippen molar-refractivity contribution in [1.29, 1.82) is 0 Å². The van der Waals surface area contributed by atoms with Gasteiger partial charge in [0.15, 0.2) is 5.96 Å². The number of hydrogen-bond donors (Lipinski definition) is 1. The van der Waals surface area contributed by atoms with E-state index in [9.17, 15) is 4.39 Å². The molecule has 2 aromatic rings. The number of hydrogen-bond acceptors (Lipinski definition) is 2. The fourth-order valence-electron chi connectivity index (χ4n) is 3.44. The van der Waals surface area contributed by atoms with Crippen molar-refractivity contribution >= 4 is 21.9 Å². The number of benzene rings is 1. The van der Waals surface area contributed by atoms with E-state index in [1.807, 2.05) is 37.9 Å². The van der Waals surface area contributed by atoms with Gasteiger partial charge in [0.1, 0.15) is 5.82 Å². The predicted octanol–water partition coefficient (Wildman–Crippen LogP) is 3.49. The molecule has 0 spiro atoms. The first-order valence-electron chi connectivity index (χ1n) is 8.95. The number of nitrogens with one attached hydrogen (secondary N) is 1. The quantitative estimate of drug-likeness (QED) is 0.606. The van der Waals surface area contributed by atoms with Crippen LogP contribution < -0.4 is 5.32 Å². The standard InChI is InChI=1S/C19H25BrFN5/c1-14-6-9-25(12-18(14)26-10-8-23-13-26)19(22-2)24-7-5-15-3-4-17(21)16(20)11-15/h3-4,8,10-11,13-14,18H,5-7,9,12H2,1-2H3,(H,22,24). The molecule has 1 N–H and O–H groups in total. The molecule has 0 bridgehead atoms. The van der Waals surface area contributed by atoms with E-state index >= 15 is 0 Å². The zero-order chi connectivity index (χ0) is 18.5. The Kier molecular flexibility index (Phi) is 6.29. The summed E-state index contributed by atoms with van der Waals surface area (Å²) in [6.07, 6.45) is 7.70. The summed E-state index contributed by atoms with van der Waals surface area (Å²) in [5, 5.41) is 3.44. The lowest BCUT2D eigenvalue weighted by atomic mass is 9.93. The topological polar surface area (TPSA) is 45.5 Å². The van der Waals surface area contributed by atoms with Crippen LogP contribution in [-0.2, 0) is 6.42 Å². The third-order valence-electron chi connectivity index (χ3n) is 5.02. The van der Waals surface area contributed by atoms with Gasteiger partial charge in [-0.1, -0.05) is 13.0 Å².